The Labute approximate surface area is 307 Å². The van der Waals surface area contributed by atoms with Gasteiger partial charge in [-0.3, -0.25) is 14.9 Å². The Kier molecular flexibility index (Phi) is 11.4. The first-order valence-corrected chi connectivity index (χ1v) is 17.5. The fraction of sp³-hybridized carbons (Fsp3) is 0.611. The fourth-order valence-electron chi connectivity index (χ4n) is 7.17. The number of amides is 3. The van der Waals surface area contributed by atoms with E-state index in [0.717, 1.165) is 0 Å². The molecule has 3 amide bonds. The van der Waals surface area contributed by atoms with Gasteiger partial charge < -0.3 is 48.9 Å². The second-order valence-electron chi connectivity index (χ2n) is 14.3. The summed E-state index contributed by atoms with van der Waals surface area (Å²) in [7, 11) is 4.33. The van der Waals surface area contributed by atoms with E-state index in [-0.39, 0.29) is 35.8 Å². The van der Waals surface area contributed by atoms with Crippen molar-refractivity contribution in [3.05, 3.63) is 46.5 Å². The number of alkyl carbamates (subject to hydrolysis) is 1. The van der Waals surface area contributed by atoms with E-state index in [1.165, 1.54) is 40.1 Å². The lowest BCUT2D eigenvalue weighted by atomic mass is 9.83. The highest BCUT2D eigenvalue weighted by molar-refractivity contribution is 6.35. The van der Waals surface area contributed by atoms with E-state index >= 15 is 0 Å². The number of nitrogens with zero attached hydrogens (tertiary/aromatic N) is 1. The minimum absolute atomic E-state index is 0.0818. The zero-order valence-electron chi connectivity index (χ0n) is 30.6. The number of benzene rings is 1. The van der Waals surface area contributed by atoms with E-state index in [9.17, 15) is 29.4 Å². The molecule has 4 N–H and O–H groups in total. The predicted molar refractivity (Wildman–Crippen MR) is 187 cm³/mol. The number of methoxy groups -OCH3 is 3. The predicted octanol–water partition coefficient (Wildman–Crippen LogP) is 2.84. The number of hydrogen-bond donors (Lipinski definition) is 4. The van der Waals surface area contributed by atoms with Gasteiger partial charge in [0.1, 0.15) is 52.4 Å². The summed E-state index contributed by atoms with van der Waals surface area (Å²) in [5.74, 6) is -2.60. The maximum Gasteiger partial charge on any atom is 0.409 e. The van der Waals surface area contributed by atoms with Crippen LogP contribution < -0.4 is 20.3 Å². The number of carbonyl (C=O) groups excluding carboxylic acids is 4. The van der Waals surface area contributed by atoms with Gasteiger partial charge in [-0.1, -0.05) is 36.8 Å². The number of nitrogens with one attached hydrogen (secondary N) is 2. The molecule has 0 aliphatic carbocycles. The van der Waals surface area contributed by atoms with Gasteiger partial charge in [-0.05, 0) is 51.0 Å². The third-order valence-electron chi connectivity index (χ3n) is 10.5. The summed E-state index contributed by atoms with van der Waals surface area (Å²) in [4.78, 5) is 55.4. The molecular formula is C36H48ClN3O12. The smallest absolute Gasteiger partial charge is 0.409 e. The maximum absolute atomic E-state index is 14.5. The molecule has 4 aliphatic rings. The van der Waals surface area contributed by atoms with Crippen molar-refractivity contribution in [2.45, 2.75) is 107 Å². The highest BCUT2D eigenvalue weighted by Gasteiger charge is 2.64. The van der Waals surface area contributed by atoms with E-state index in [4.69, 9.17) is 40.0 Å². The second kappa shape index (κ2) is 15.0. The zero-order chi connectivity index (χ0) is 38.3. The number of fused-ring (bicyclic) bond motifs is 10. The topological polar surface area (TPSA) is 195 Å². The van der Waals surface area contributed by atoms with E-state index < -0.39 is 89.7 Å². The first-order valence-electron chi connectivity index (χ1n) is 17.1. The molecule has 0 spiro atoms. The van der Waals surface area contributed by atoms with Crippen molar-refractivity contribution in [1.29, 1.82) is 0 Å². The number of hydrogen-bond acceptors (Lipinski definition) is 12. The largest absolute Gasteiger partial charge is 0.495 e. The van der Waals surface area contributed by atoms with Crippen molar-refractivity contribution in [3.8, 4) is 5.75 Å². The van der Waals surface area contributed by atoms with Gasteiger partial charge in [0.2, 0.25) is 5.91 Å². The van der Waals surface area contributed by atoms with E-state index in [2.05, 4.69) is 10.6 Å². The first kappa shape index (κ1) is 39.5. The number of anilines is 1. The third kappa shape index (κ3) is 7.66. The Morgan fingerprint density at radius 3 is 2.40 bits per heavy atom. The standard InChI is InChI=1S/C36H48ClN3O12/c1-18-10-9-11-25(48-7)36(46)17-24(50-33(44)39-36)19(2)30-35(5,52-30)26-16-27(41)40(13-12-34(4,45)32(43)38-20(3)31(42)51-26)22-14-21(29(18)49-8)15-23(47-6)28(22)37/h9-11,14-15,19-20,24-26,29-30,45-46H,12-13,16-17H2,1-8H3,(H,38,43)(H,39,44)/b11-9-,18-10-. The summed E-state index contributed by atoms with van der Waals surface area (Å²) >= 11 is 6.89. The van der Waals surface area contributed by atoms with Crippen LogP contribution in [-0.4, -0.2) is 109 Å². The van der Waals surface area contributed by atoms with Gasteiger partial charge in [0.15, 0.2) is 5.72 Å². The average molecular weight is 750 g/mol. The monoisotopic (exact) mass is 749 g/mol. The molecule has 10 atom stereocenters. The van der Waals surface area contributed by atoms with Crippen molar-refractivity contribution in [3.63, 3.8) is 0 Å². The van der Waals surface area contributed by atoms with Crippen molar-refractivity contribution in [2.24, 2.45) is 5.92 Å². The molecule has 1 aromatic carbocycles. The number of aliphatic hydroxyl groups is 2. The number of carbonyl (C=O) groups is 4. The van der Waals surface area contributed by atoms with Crippen LogP contribution in [0.3, 0.4) is 0 Å². The lowest BCUT2D eigenvalue weighted by Gasteiger charge is -2.42. The van der Waals surface area contributed by atoms with Gasteiger partial charge in [0, 0.05) is 39.5 Å². The number of rotatable bonds is 3. The molecule has 0 aromatic heterocycles. The maximum atomic E-state index is 14.5. The summed E-state index contributed by atoms with van der Waals surface area (Å²) in [6.45, 7) is 7.79. The van der Waals surface area contributed by atoms with Crippen molar-refractivity contribution >= 4 is 41.2 Å². The Balaban J connectivity index is 1.70. The number of esters is 1. The Hall–Kier alpha value is -3.73. The van der Waals surface area contributed by atoms with Gasteiger partial charge in [0.05, 0.1) is 25.3 Å². The Morgan fingerprint density at radius 2 is 1.75 bits per heavy atom. The summed E-state index contributed by atoms with van der Waals surface area (Å²) in [6.07, 6.45) is -1.04. The molecule has 15 nitrogen and oxygen atoms in total. The van der Waals surface area contributed by atoms with Crippen LogP contribution in [0, 0.1) is 5.92 Å². The van der Waals surface area contributed by atoms with Crippen LogP contribution in [0.15, 0.2) is 35.9 Å². The summed E-state index contributed by atoms with van der Waals surface area (Å²) in [5, 5.41) is 28.0. The normalized spacial score (nSPS) is 38.9. The van der Waals surface area contributed by atoms with Crippen LogP contribution in [0.1, 0.15) is 65.5 Å². The van der Waals surface area contributed by atoms with Crippen LogP contribution >= 0.6 is 11.6 Å². The Morgan fingerprint density at radius 1 is 1.04 bits per heavy atom. The summed E-state index contributed by atoms with van der Waals surface area (Å²) in [6, 6.07) is 2.15. The molecular weight excluding hydrogens is 702 g/mol. The minimum Gasteiger partial charge on any atom is -0.495 e. The van der Waals surface area contributed by atoms with E-state index in [1.807, 2.05) is 6.92 Å². The molecule has 3 saturated heterocycles. The molecule has 4 heterocycles. The molecule has 1 aromatic rings. The van der Waals surface area contributed by atoms with Crippen LogP contribution in [-0.2, 0) is 38.1 Å². The van der Waals surface area contributed by atoms with Crippen LogP contribution in [0.4, 0.5) is 10.5 Å². The molecule has 16 heteroatoms. The number of epoxide rings is 1. The molecule has 52 heavy (non-hydrogen) atoms. The highest BCUT2D eigenvalue weighted by Crippen LogP contribution is 2.49. The minimum atomic E-state index is -1.99. The quantitative estimate of drug-likeness (QED) is 0.261. The van der Waals surface area contributed by atoms with Gasteiger partial charge in [0.25, 0.3) is 5.91 Å². The van der Waals surface area contributed by atoms with Gasteiger partial charge >= 0.3 is 12.1 Å². The molecule has 3 fully saturated rings. The summed E-state index contributed by atoms with van der Waals surface area (Å²) < 4.78 is 34.9. The van der Waals surface area contributed by atoms with Crippen molar-refractivity contribution in [1.82, 2.24) is 10.6 Å². The summed E-state index contributed by atoms with van der Waals surface area (Å²) in [5.41, 5.74) is -3.68. The van der Waals surface area contributed by atoms with E-state index in [0.29, 0.717) is 11.1 Å². The molecule has 286 valence electrons. The average Bonchev–Trinajstić information content (AvgIpc) is 3.78. The van der Waals surface area contributed by atoms with Gasteiger partial charge in [-0.15, -0.1) is 0 Å². The molecule has 0 saturated carbocycles. The van der Waals surface area contributed by atoms with Gasteiger partial charge in [-0.25, -0.2) is 9.59 Å². The SMILES string of the molecule is COc1cc2cc(c1Cl)N1CCC(C)(O)C(=O)NC(C)C(=O)OC(CC1=O)C1(C)OC1C(C)C1CC(O)(NC(=O)O1)C(OC)/C=C\C=C(\C)C2OC. The molecule has 5 rings (SSSR count). The number of ether oxygens (including phenoxy) is 6. The lowest BCUT2D eigenvalue weighted by molar-refractivity contribution is -0.159. The lowest BCUT2D eigenvalue weighted by Crippen LogP contribution is -2.63. The van der Waals surface area contributed by atoms with Crippen molar-refractivity contribution in [2.75, 3.05) is 32.8 Å². The highest BCUT2D eigenvalue weighted by atomic mass is 35.5. The van der Waals surface area contributed by atoms with Crippen LogP contribution in [0.25, 0.3) is 0 Å². The van der Waals surface area contributed by atoms with Crippen molar-refractivity contribution < 1.29 is 57.8 Å². The third-order valence-corrected chi connectivity index (χ3v) is 10.9. The number of allylic oxidation sites excluding steroid dienone is 2. The molecule has 0 radical (unpaired) electrons. The Bertz CT molecular complexity index is 1650. The van der Waals surface area contributed by atoms with Gasteiger partial charge in [-0.2, -0.15) is 0 Å². The van der Waals surface area contributed by atoms with Crippen LogP contribution in [0.5, 0.6) is 5.75 Å². The molecule has 6 bridgehead atoms. The molecule has 4 aliphatic heterocycles. The van der Waals surface area contributed by atoms with E-state index in [1.54, 1.807) is 44.2 Å². The molecule has 10 unspecified atom stereocenters. The van der Waals surface area contributed by atoms with Crippen LogP contribution in [0.2, 0.25) is 5.02 Å². The second-order valence-corrected chi connectivity index (χ2v) is 14.7. The number of halogens is 1. The zero-order valence-corrected chi connectivity index (χ0v) is 31.3. The fourth-order valence-corrected chi connectivity index (χ4v) is 7.45. The first-order chi connectivity index (χ1) is 24.4.